The number of rotatable bonds is 57. The summed E-state index contributed by atoms with van der Waals surface area (Å²) in [6, 6.07) is 0. The first-order chi connectivity index (χ1) is 33.6. The van der Waals surface area contributed by atoms with Crippen molar-refractivity contribution >= 4 is 17.9 Å². The number of nitrogens with zero attached hydrogens (tertiary/aromatic N) is 1. The number of aliphatic carboxylic acids is 1. The maximum atomic E-state index is 12.8. The molecule has 1 N–H and O–H groups in total. The maximum absolute atomic E-state index is 12.8. The first kappa shape index (κ1) is 67.3. The summed E-state index contributed by atoms with van der Waals surface area (Å²) in [4.78, 5) is 37.2. The van der Waals surface area contributed by atoms with Crippen LogP contribution >= 0.6 is 0 Å². The van der Waals surface area contributed by atoms with Crippen molar-refractivity contribution < 1.29 is 42.9 Å². The van der Waals surface area contributed by atoms with Gasteiger partial charge in [0, 0.05) is 12.8 Å². The molecule has 0 radical (unpaired) electrons. The molecule has 0 aliphatic carbocycles. The van der Waals surface area contributed by atoms with Gasteiger partial charge in [0.05, 0.1) is 34.4 Å². The highest BCUT2D eigenvalue weighted by atomic mass is 16.7. The summed E-state index contributed by atoms with van der Waals surface area (Å²) in [6.45, 7) is 4.91. The summed E-state index contributed by atoms with van der Waals surface area (Å²) < 4.78 is 22.8. The molecule has 69 heavy (non-hydrogen) atoms. The minimum atomic E-state index is -1.50. The number of hydrogen-bond donors (Lipinski definition) is 1. The van der Waals surface area contributed by atoms with E-state index in [1.807, 2.05) is 21.1 Å². The van der Waals surface area contributed by atoms with Crippen molar-refractivity contribution in [3.05, 3.63) is 0 Å². The van der Waals surface area contributed by atoms with Crippen molar-refractivity contribution in [2.75, 3.05) is 47.5 Å². The van der Waals surface area contributed by atoms with Crippen LogP contribution in [0.4, 0.5) is 0 Å². The van der Waals surface area contributed by atoms with Crippen LogP contribution in [0.25, 0.3) is 0 Å². The van der Waals surface area contributed by atoms with Crippen LogP contribution in [0.1, 0.15) is 309 Å². The Morgan fingerprint density at radius 1 is 0.377 bits per heavy atom. The fourth-order valence-corrected chi connectivity index (χ4v) is 9.19. The molecule has 0 spiro atoms. The van der Waals surface area contributed by atoms with Crippen molar-refractivity contribution in [1.82, 2.24) is 0 Å². The van der Waals surface area contributed by atoms with Crippen LogP contribution in [-0.2, 0) is 33.3 Å². The van der Waals surface area contributed by atoms with Crippen LogP contribution in [-0.4, -0.2) is 87.4 Å². The van der Waals surface area contributed by atoms with E-state index in [0.29, 0.717) is 17.4 Å². The summed E-state index contributed by atoms with van der Waals surface area (Å²) in [5.41, 5.74) is 0. The molecule has 2 atom stereocenters. The van der Waals surface area contributed by atoms with E-state index in [0.717, 1.165) is 38.5 Å². The average molecular weight is 982 g/mol. The minimum absolute atomic E-state index is 0.173. The molecule has 0 fully saturated rings. The molecule has 9 heteroatoms. The van der Waals surface area contributed by atoms with Crippen LogP contribution in [0, 0.1) is 0 Å². The predicted octanol–water partition coefficient (Wildman–Crippen LogP) is 17.6. The Kier molecular flexibility index (Phi) is 51.3. The van der Waals surface area contributed by atoms with Gasteiger partial charge in [-0.05, 0) is 12.8 Å². The van der Waals surface area contributed by atoms with E-state index in [1.54, 1.807) is 0 Å². The van der Waals surface area contributed by atoms with Crippen LogP contribution in [0.3, 0.4) is 0 Å². The van der Waals surface area contributed by atoms with Gasteiger partial charge in [-0.2, -0.15) is 0 Å². The zero-order valence-electron chi connectivity index (χ0n) is 46.8. The number of carbonyl (C=O) groups is 3. The Hall–Kier alpha value is -1.71. The average Bonchev–Trinajstić information content (AvgIpc) is 3.31. The summed E-state index contributed by atoms with van der Waals surface area (Å²) >= 11 is 0. The molecule has 0 aromatic rings. The van der Waals surface area contributed by atoms with Gasteiger partial charge in [0.2, 0.25) is 0 Å². The quantitative estimate of drug-likeness (QED) is 0.0278. The van der Waals surface area contributed by atoms with E-state index in [2.05, 4.69) is 13.8 Å². The number of carboxylic acid groups (broad SMARTS) is 1. The van der Waals surface area contributed by atoms with Crippen LogP contribution in [0.5, 0.6) is 0 Å². The van der Waals surface area contributed by atoms with E-state index >= 15 is 0 Å². The van der Waals surface area contributed by atoms with Crippen molar-refractivity contribution in [1.29, 1.82) is 0 Å². The number of carbonyl (C=O) groups excluding carboxylic acids is 2. The lowest BCUT2D eigenvalue weighted by molar-refractivity contribution is -0.870. The smallest absolute Gasteiger partial charge is 0.361 e. The molecule has 2 unspecified atom stereocenters. The van der Waals surface area contributed by atoms with E-state index in [9.17, 15) is 19.5 Å². The van der Waals surface area contributed by atoms with E-state index in [4.69, 9.17) is 18.9 Å². The highest BCUT2D eigenvalue weighted by Gasteiger charge is 2.25. The highest BCUT2D eigenvalue weighted by Crippen LogP contribution is 2.18. The van der Waals surface area contributed by atoms with Crippen molar-refractivity contribution in [2.45, 2.75) is 322 Å². The lowest BCUT2D eigenvalue weighted by atomic mass is 10.0. The van der Waals surface area contributed by atoms with Gasteiger partial charge in [0.15, 0.2) is 6.10 Å². The Morgan fingerprint density at radius 2 is 0.652 bits per heavy atom. The van der Waals surface area contributed by atoms with Crippen molar-refractivity contribution in [3.8, 4) is 0 Å². The Labute approximate surface area is 428 Å². The zero-order valence-corrected chi connectivity index (χ0v) is 46.8. The van der Waals surface area contributed by atoms with Crippen molar-refractivity contribution in [2.24, 2.45) is 0 Å². The SMILES string of the molecule is CCCCCCCCCCCCCCCCCCCCCCCCCCCCCCCCCCCCC(=O)OC(COC(=O)CCCCCCCCCCCC)COC(OCC[N+](C)(C)C)C(=O)O. The monoisotopic (exact) mass is 981 g/mol. The van der Waals surface area contributed by atoms with E-state index in [-0.39, 0.29) is 38.2 Å². The number of hydrogen-bond acceptors (Lipinski definition) is 7. The second kappa shape index (κ2) is 52.6. The van der Waals surface area contributed by atoms with E-state index in [1.165, 1.54) is 244 Å². The van der Waals surface area contributed by atoms with Crippen LogP contribution < -0.4 is 0 Å². The van der Waals surface area contributed by atoms with Gasteiger partial charge in [-0.3, -0.25) is 9.59 Å². The Bertz CT molecular complexity index is 1100. The molecule has 9 nitrogen and oxygen atoms in total. The van der Waals surface area contributed by atoms with Gasteiger partial charge in [-0.25, -0.2) is 4.79 Å². The third kappa shape index (κ3) is 53.9. The largest absolute Gasteiger partial charge is 0.477 e. The number of likely N-dealkylation sites (N-methyl/N-ethyl adjacent to an activating group) is 1. The van der Waals surface area contributed by atoms with Gasteiger partial charge in [-0.15, -0.1) is 0 Å². The first-order valence-corrected chi connectivity index (χ1v) is 30.2. The molecule has 0 heterocycles. The van der Waals surface area contributed by atoms with E-state index < -0.39 is 18.4 Å². The molecular weight excluding hydrogens is 863 g/mol. The van der Waals surface area contributed by atoms with Gasteiger partial charge >= 0.3 is 17.9 Å². The van der Waals surface area contributed by atoms with Crippen LogP contribution in [0.2, 0.25) is 0 Å². The molecule has 0 rings (SSSR count). The molecule has 0 saturated heterocycles. The van der Waals surface area contributed by atoms with Crippen LogP contribution in [0.15, 0.2) is 0 Å². The third-order valence-electron chi connectivity index (χ3n) is 13.9. The fraction of sp³-hybridized carbons (Fsp3) is 0.950. The topological polar surface area (TPSA) is 108 Å². The van der Waals surface area contributed by atoms with Gasteiger partial charge in [0.1, 0.15) is 13.2 Å². The molecule has 0 aromatic carbocycles. The fourth-order valence-electron chi connectivity index (χ4n) is 9.19. The summed E-state index contributed by atoms with van der Waals surface area (Å²) in [6.07, 6.45) is 56.5. The molecule has 0 bridgehead atoms. The normalized spacial score (nSPS) is 12.7. The lowest BCUT2D eigenvalue weighted by Crippen LogP contribution is -2.40. The lowest BCUT2D eigenvalue weighted by Gasteiger charge is -2.25. The number of carboxylic acids is 1. The molecule has 410 valence electrons. The Balaban J connectivity index is 3.92. The minimum Gasteiger partial charge on any atom is -0.477 e. The van der Waals surface area contributed by atoms with Gasteiger partial charge in [0.25, 0.3) is 6.29 Å². The number of ether oxygens (including phenoxy) is 4. The number of quaternary nitrogens is 1. The maximum Gasteiger partial charge on any atom is 0.361 e. The number of esters is 2. The molecule has 0 aromatic heterocycles. The third-order valence-corrected chi connectivity index (χ3v) is 13.9. The summed E-state index contributed by atoms with van der Waals surface area (Å²) in [5, 5.41) is 9.67. The summed E-state index contributed by atoms with van der Waals surface area (Å²) in [7, 11) is 5.98. The second-order valence-electron chi connectivity index (χ2n) is 22.0. The molecule has 0 aliphatic rings. The molecule has 0 amide bonds. The predicted molar refractivity (Wildman–Crippen MR) is 291 cm³/mol. The van der Waals surface area contributed by atoms with Crippen molar-refractivity contribution in [3.63, 3.8) is 0 Å². The summed E-state index contributed by atoms with van der Waals surface area (Å²) in [5.74, 6) is -1.98. The highest BCUT2D eigenvalue weighted by molar-refractivity contribution is 5.71. The second-order valence-corrected chi connectivity index (χ2v) is 22.0. The Morgan fingerprint density at radius 3 is 0.928 bits per heavy atom. The standard InChI is InChI=1S/C60H117NO8/c1-6-8-10-12-14-16-18-19-20-21-22-23-24-25-26-27-28-29-30-31-32-33-34-35-36-37-38-39-40-41-43-45-47-49-51-58(63)69-56(55-68-60(59(64)65)66-53-52-61(3,4)5)54-67-57(62)50-48-46-44-42-17-15-13-11-9-7-2/h56,60H,6-55H2,1-5H3/p+1. The molecule has 0 aliphatic heterocycles. The zero-order chi connectivity index (χ0) is 50.6. The molecular formula is C60H118NO8+. The molecule has 0 saturated carbocycles. The first-order valence-electron chi connectivity index (χ1n) is 30.2. The van der Waals surface area contributed by atoms with Gasteiger partial charge < -0.3 is 28.5 Å². The number of unbranched alkanes of at least 4 members (excludes halogenated alkanes) is 42. The van der Waals surface area contributed by atoms with Gasteiger partial charge in [-0.1, -0.05) is 284 Å².